The fourth-order valence-electron chi connectivity index (χ4n) is 3.91. The lowest BCUT2D eigenvalue weighted by Gasteiger charge is -2.40. The van der Waals surface area contributed by atoms with E-state index >= 15 is 0 Å². The molecule has 0 aromatic carbocycles. The molecule has 0 spiro atoms. The molecule has 2 aliphatic rings. The molecule has 0 aromatic heterocycles. The summed E-state index contributed by atoms with van der Waals surface area (Å²) in [6.07, 6.45) is 7.76. The van der Waals surface area contributed by atoms with Crippen LogP contribution in [0.1, 0.15) is 79.1 Å². The third-order valence-corrected chi connectivity index (χ3v) is 5.28. The summed E-state index contributed by atoms with van der Waals surface area (Å²) in [5.74, 6) is 1.21. The molecule has 1 amide bonds. The van der Waals surface area contributed by atoms with Crippen LogP contribution in [0.4, 0.5) is 4.79 Å². The van der Waals surface area contributed by atoms with E-state index in [9.17, 15) is 9.59 Å². The molecule has 4 nitrogen and oxygen atoms in total. The maximum atomic E-state index is 12.6. The van der Waals surface area contributed by atoms with Gasteiger partial charge in [0.2, 0.25) is 0 Å². The van der Waals surface area contributed by atoms with Crippen molar-refractivity contribution in [2.45, 2.75) is 90.7 Å². The Balaban J connectivity index is 2.02. The minimum absolute atomic E-state index is 0.0247. The molecular formula is C19H33NO3. The van der Waals surface area contributed by atoms with E-state index in [0.29, 0.717) is 18.1 Å². The van der Waals surface area contributed by atoms with Crippen LogP contribution in [0.5, 0.6) is 0 Å². The van der Waals surface area contributed by atoms with Gasteiger partial charge in [-0.15, -0.1) is 0 Å². The second-order valence-electron chi connectivity index (χ2n) is 8.28. The molecule has 1 aliphatic heterocycles. The zero-order chi connectivity index (χ0) is 17.0. The van der Waals surface area contributed by atoms with E-state index in [2.05, 4.69) is 6.92 Å². The van der Waals surface area contributed by atoms with Crippen LogP contribution in [0.3, 0.4) is 0 Å². The molecule has 0 bridgehead atoms. The van der Waals surface area contributed by atoms with Crippen molar-refractivity contribution in [3.8, 4) is 0 Å². The van der Waals surface area contributed by atoms with E-state index in [1.165, 1.54) is 12.8 Å². The molecule has 1 saturated heterocycles. The highest BCUT2D eigenvalue weighted by atomic mass is 16.6. The molecular weight excluding hydrogens is 290 g/mol. The number of ketones is 1. The van der Waals surface area contributed by atoms with E-state index in [4.69, 9.17) is 4.74 Å². The number of Topliss-reactive ketones (excluding diaryl/α,β-unsaturated/α-hetero) is 1. The third kappa shape index (κ3) is 5.22. The van der Waals surface area contributed by atoms with Crippen LogP contribution in [-0.4, -0.2) is 35.0 Å². The first-order valence-electron chi connectivity index (χ1n) is 9.32. The van der Waals surface area contributed by atoms with Crippen LogP contribution in [0, 0.1) is 11.8 Å². The monoisotopic (exact) mass is 323 g/mol. The Morgan fingerprint density at radius 2 is 1.78 bits per heavy atom. The molecule has 2 atom stereocenters. The standard InChI is InChI=1S/C19H33NO3/c1-5-14-10-11-20(18(22)23-19(2,3)4)16(12-14)13-17(21)15-8-6-7-9-15/h14-16H,5-13H2,1-4H3. The molecule has 1 heterocycles. The molecule has 0 aromatic rings. The normalized spacial score (nSPS) is 26.3. The second kappa shape index (κ2) is 7.67. The second-order valence-corrected chi connectivity index (χ2v) is 8.28. The number of rotatable bonds is 4. The summed E-state index contributed by atoms with van der Waals surface area (Å²) in [5, 5.41) is 0. The Morgan fingerprint density at radius 3 is 2.35 bits per heavy atom. The van der Waals surface area contributed by atoms with Gasteiger partial charge in [-0.1, -0.05) is 26.2 Å². The Kier molecular flexibility index (Phi) is 6.10. The number of hydrogen-bond donors (Lipinski definition) is 0. The molecule has 132 valence electrons. The van der Waals surface area contributed by atoms with Gasteiger partial charge in [-0.05, 0) is 52.4 Å². The van der Waals surface area contributed by atoms with Crippen molar-refractivity contribution in [1.29, 1.82) is 0 Å². The first-order chi connectivity index (χ1) is 10.8. The van der Waals surface area contributed by atoms with Crippen molar-refractivity contribution in [1.82, 2.24) is 4.90 Å². The van der Waals surface area contributed by atoms with Crippen molar-refractivity contribution in [2.75, 3.05) is 6.54 Å². The zero-order valence-electron chi connectivity index (χ0n) is 15.3. The van der Waals surface area contributed by atoms with Gasteiger partial charge in [-0.25, -0.2) is 4.79 Å². The van der Waals surface area contributed by atoms with Crippen molar-refractivity contribution < 1.29 is 14.3 Å². The fraction of sp³-hybridized carbons (Fsp3) is 0.895. The number of piperidine rings is 1. The molecule has 1 saturated carbocycles. The number of carbonyl (C=O) groups is 2. The SMILES string of the molecule is CCC1CCN(C(=O)OC(C)(C)C)C(CC(=O)C2CCCC2)C1. The Morgan fingerprint density at radius 1 is 1.13 bits per heavy atom. The minimum atomic E-state index is -0.487. The number of hydrogen-bond acceptors (Lipinski definition) is 3. The molecule has 0 N–H and O–H groups in total. The topological polar surface area (TPSA) is 46.6 Å². The van der Waals surface area contributed by atoms with Gasteiger partial charge in [0.25, 0.3) is 0 Å². The maximum Gasteiger partial charge on any atom is 0.410 e. The van der Waals surface area contributed by atoms with Crippen LogP contribution in [0.2, 0.25) is 0 Å². The summed E-state index contributed by atoms with van der Waals surface area (Å²) < 4.78 is 5.56. The number of carbonyl (C=O) groups excluding carboxylic acids is 2. The van der Waals surface area contributed by atoms with Crippen LogP contribution in [0.25, 0.3) is 0 Å². The number of nitrogens with zero attached hydrogens (tertiary/aromatic N) is 1. The molecule has 4 heteroatoms. The fourth-order valence-corrected chi connectivity index (χ4v) is 3.91. The van der Waals surface area contributed by atoms with E-state index in [0.717, 1.165) is 38.6 Å². The highest BCUT2D eigenvalue weighted by Gasteiger charge is 2.36. The lowest BCUT2D eigenvalue weighted by atomic mass is 9.85. The van der Waals surface area contributed by atoms with Crippen LogP contribution in [-0.2, 0) is 9.53 Å². The van der Waals surface area contributed by atoms with Crippen molar-refractivity contribution in [3.05, 3.63) is 0 Å². The van der Waals surface area contributed by atoms with Gasteiger partial charge in [0.05, 0.1) is 0 Å². The molecule has 1 aliphatic carbocycles. The van der Waals surface area contributed by atoms with Crippen molar-refractivity contribution in [2.24, 2.45) is 11.8 Å². The van der Waals surface area contributed by atoms with Gasteiger partial charge in [-0.3, -0.25) is 4.79 Å². The van der Waals surface area contributed by atoms with Crippen LogP contribution >= 0.6 is 0 Å². The van der Waals surface area contributed by atoms with Gasteiger partial charge in [0.15, 0.2) is 0 Å². The van der Waals surface area contributed by atoms with E-state index in [-0.39, 0.29) is 18.1 Å². The molecule has 2 rings (SSSR count). The Hall–Kier alpha value is -1.06. The molecule has 23 heavy (non-hydrogen) atoms. The first-order valence-corrected chi connectivity index (χ1v) is 9.32. The lowest BCUT2D eigenvalue weighted by molar-refractivity contribution is -0.124. The third-order valence-electron chi connectivity index (χ3n) is 5.28. The molecule has 2 unspecified atom stereocenters. The molecule has 0 radical (unpaired) electrons. The Labute approximate surface area is 140 Å². The van der Waals surface area contributed by atoms with Gasteiger partial charge in [-0.2, -0.15) is 0 Å². The van der Waals surface area contributed by atoms with Crippen LogP contribution < -0.4 is 0 Å². The summed E-state index contributed by atoms with van der Waals surface area (Å²) >= 11 is 0. The highest BCUT2D eigenvalue weighted by molar-refractivity contribution is 5.82. The predicted molar refractivity (Wildman–Crippen MR) is 91.3 cm³/mol. The first kappa shape index (κ1) is 18.3. The summed E-state index contributed by atoms with van der Waals surface area (Å²) in [6, 6.07) is 0.0247. The lowest BCUT2D eigenvalue weighted by Crippen LogP contribution is -2.49. The average molecular weight is 323 g/mol. The van der Waals surface area contributed by atoms with E-state index in [1.54, 1.807) is 0 Å². The highest BCUT2D eigenvalue weighted by Crippen LogP contribution is 2.32. The largest absolute Gasteiger partial charge is 0.444 e. The van der Waals surface area contributed by atoms with Crippen molar-refractivity contribution >= 4 is 11.9 Å². The smallest absolute Gasteiger partial charge is 0.410 e. The van der Waals surface area contributed by atoms with E-state index in [1.807, 2.05) is 25.7 Å². The summed E-state index contributed by atoms with van der Waals surface area (Å²) in [5.41, 5.74) is -0.487. The quantitative estimate of drug-likeness (QED) is 0.762. The zero-order valence-corrected chi connectivity index (χ0v) is 15.3. The summed E-state index contributed by atoms with van der Waals surface area (Å²) in [6.45, 7) is 8.59. The maximum absolute atomic E-state index is 12.6. The van der Waals surface area contributed by atoms with E-state index < -0.39 is 5.60 Å². The van der Waals surface area contributed by atoms with Gasteiger partial charge in [0, 0.05) is 24.9 Å². The minimum Gasteiger partial charge on any atom is -0.444 e. The number of amides is 1. The van der Waals surface area contributed by atoms with Crippen molar-refractivity contribution in [3.63, 3.8) is 0 Å². The summed E-state index contributed by atoms with van der Waals surface area (Å²) in [7, 11) is 0. The number of ether oxygens (including phenoxy) is 1. The number of likely N-dealkylation sites (tertiary alicyclic amines) is 1. The van der Waals surface area contributed by atoms with Crippen LogP contribution in [0.15, 0.2) is 0 Å². The molecule has 2 fully saturated rings. The predicted octanol–water partition coefficient (Wildman–Crippen LogP) is 4.56. The van der Waals surface area contributed by atoms with Gasteiger partial charge < -0.3 is 9.64 Å². The average Bonchev–Trinajstić information content (AvgIpc) is 2.99. The van der Waals surface area contributed by atoms with Gasteiger partial charge in [0.1, 0.15) is 11.4 Å². The Bertz CT molecular complexity index is 421. The van der Waals surface area contributed by atoms with Gasteiger partial charge >= 0.3 is 6.09 Å². The summed E-state index contributed by atoms with van der Waals surface area (Å²) in [4.78, 5) is 26.9.